The lowest BCUT2D eigenvalue weighted by molar-refractivity contribution is -0.220. The van der Waals surface area contributed by atoms with E-state index >= 15 is 0 Å². The Labute approximate surface area is 377 Å². The molecule has 358 valence electrons. The SMILES string of the molecule is CC/C=C\C/C=C\C/C=C\C/C=C\CCCCCCCCC(=O)OC(COC(=O)CCCC/C=C\C/C=C\C/C=C\C/C=C\CC)COP(=O)(O)OC1C(O)C(O)C(O)C(O)C1O. The third-order valence-electron chi connectivity index (χ3n) is 9.92. The van der Waals surface area contributed by atoms with Gasteiger partial charge in [-0.25, -0.2) is 4.57 Å². The molecule has 1 rings (SSSR count). The maximum absolute atomic E-state index is 12.8. The smallest absolute Gasteiger partial charge is 0.462 e. The Bertz CT molecular complexity index is 1470. The summed E-state index contributed by atoms with van der Waals surface area (Å²) < 4.78 is 33.5. The number of hydrogen-bond donors (Lipinski definition) is 6. The first-order valence-electron chi connectivity index (χ1n) is 23.0. The quantitative estimate of drug-likeness (QED) is 0.0150. The first-order chi connectivity index (χ1) is 30.4. The lowest BCUT2D eigenvalue weighted by Gasteiger charge is -2.41. The predicted molar refractivity (Wildman–Crippen MR) is 248 cm³/mol. The van der Waals surface area contributed by atoms with Crippen molar-refractivity contribution in [3.05, 3.63) is 97.2 Å². The van der Waals surface area contributed by atoms with Crippen molar-refractivity contribution in [1.29, 1.82) is 0 Å². The van der Waals surface area contributed by atoms with Gasteiger partial charge < -0.3 is 39.9 Å². The fourth-order valence-electron chi connectivity index (χ4n) is 6.27. The van der Waals surface area contributed by atoms with E-state index in [0.29, 0.717) is 12.8 Å². The Morgan fingerprint density at radius 3 is 1.33 bits per heavy atom. The molecule has 0 aromatic heterocycles. The highest BCUT2D eigenvalue weighted by molar-refractivity contribution is 7.47. The molecule has 0 aromatic carbocycles. The van der Waals surface area contributed by atoms with Crippen LogP contribution in [0.2, 0.25) is 0 Å². The lowest BCUT2D eigenvalue weighted by Crippen LogP contribution is -2.64. The van der Waals surface area contributed by atoms with Crippen LogP contribution in [0.5, 0.6) is 0 Å². The number of esters is 2. The summed E-state index contributed by atoms with van der Waals surface area (Å²) in [6.07, 6.45) is 37.4. The van der Waals surface area contributed by atoms with Crippen molar-refractivity contribution in [1.82, 2.24) is 0 Å². The zero-order chi connectivity index (χ0) is 46.4. The monoisotopic (exact) mass is 907 g/mol. The van der Waals surface area contributed by atoms with Crippen molar-refractivity contribution in [2.24, 2.45) is 0 Å². The van der Waals surface area contributed by atoms with E-state index in [1.165, 1.54) is 0 Å². The van der Waals surface area contributed by atoms with E-state index in [0.717, 1.165) is 103 Å². The normalized spacial score (nSPS) is 22.6. The van der Waals surface area contributed by atoms with E-state index in [1.54, 1.807) is 0 Å². The number of ether oxygens (including phenoxy) is 2. The summed E-state index contributed by atoms with van der Waals surface area (Å²) in [6, 6.07) is 0. The molecule has 1 saturated carbocycles. The third kappa shape index (κ3) is 30.5. The van der Waals surface area contributed by atoms with Gasteiger partial charge in [0.05, 0.1) is 6.61 Å². The molecule has 1 aliphatic carbocycles. The highest BCUT2D eigenvalue weighted by Crippen LogP contribution is 2.47. The molecule has 0 heterocycles. The van der Waals surface area contributed by atoms with E-state index in [-0.39, 0.29) is 12.8 Å². The Morgan fingerprint density at radius 1 is 0.492 bits per heavy atom. The number of hydrogen-bond acceptors (Lipinski definition) is 12. The summed E-state index contributed by atoms with van der Waals surface area (Å²) in [5, 5.41) is 50.2. The topological polar surface area (TPSA) is 210 Å². The molecule has 13 nitrogen and oxygen atoms in total. The Balaban J connectivity index is 2.50. The standard InChI is InChI=1S/C49H79O13P/c1-3-5-7-9-11-13-15-17-19-20-21-22-24-26-28-30-32-34-36-38-43(51)61-41(40-60-63(57,58)62-49-47(55)45(53)44(52)46(54)48(49)56)39-59-42(50)37-35-33-31-29-27-25-23-18-16-14-12-10-8-6-4-2/h5-8,11-14,17-19,21-23,27,29,41,44-49,52-56H,3-4,9-10,15-16,20,24-26,28,30-40H2,1-2H3,(H,57,58)/b7-5-,8-6-,13-11-,14-12-,19-17-,22-21-,23-18-,29-27-. The molecular formula is C49H79O13P. The molecule has 6 N–H and O–H groups in total. The number of carbonyl (C=O) groups is 2. The zero-order valence-corrected chi connectivity index (χ0v) is 38.7. The molecule has 1 aliphatic rings. The van der Waals surface area contributed by atoms with Gasteiger partial charge in [-0.15, -0.1) is 0 Å². The van der Waals surface area contributed by atoms with Crippen LogP contribution >= 0.6 is 7.82 Å². The van der Waals surface area contributed by atoms with E-state index in [1.807, 2.05) is 0 Å². The minimum Gasteiger partial charge on any atom is -0.462 e. The maximum Gasteiger partial charge on any atom is 0.472 e. The van der Waals surface area contributed by atoms with Crippen LogP contribution in [0.25, 0.3) is 0 Å². The van der Waals surface area contributed by atoms with Gasteiger partial charge in [-0.3, -0.25) is 18.6 Å². The van der Waals surface area contributed by atoms with Gasteiger partial charge in [-0.2, -0.15) is 0 Å². The minimum absolute atomic E-state index is 0.0650. The van der Waals surface area contributed by atoms with Crippen LogP contribution < -0.4 is 0 Å². The van der Waals surface area contributed by atoms with Gasteiger partial charge in [0.2, 0.25) is 0 Å². The van der Waals surface area contributed by atoms with Gasteiger partial charge in [-0.05, 0) is 89.9 Å². The fraction of sp³-hybridized carbons (Fsp3) is 0.633. The van der Waals surface area contributed by atoms with Crippen LogP contribution in [0.3, 0.4) is 0 Å². The van der Waals surface area contributed by atoms with Gasteiger partial charge in [0, 0.05) is 12.8 Å². The third-order valence-corrected chi connectivity index (χ3v) is 10.9. The van der Waals surface area contributed by atoms with E-state index in [9.17, 15) is 44.6 Å². The van der Waals surface area contributed by atoms with Crippen molar-refractivity contribution in [3.63, 3.8) is 0 Å². The molecule has 14 heteroatoms. The minimum atomic E-state index is -5.14. The zero-order valence-electron chi connectivity index (χ0n) is 37.8. The van der Waals surface area contributed by atoms with Crippen molar-refractivity contribution >= 4 is 19.8 Å². The second kappa shape index (κ2) is 38.1. The molecule has 0 bridgehead atoms. The van der Waals surface area contributed by atoms with Gasteiger partial charge in [-0.1, -0.05) is 137 Å². The lowest BCUT2D eigenvalue weighted by atomic mass is 9.85. The average Bonchev–Trinajstić information content (AvgIpc) is 3.26. The maximum atomic E-state index is 12.8. The summed E-state index contributed by atoms with van der Waals surface area (Å²) in [6.45, 7) is 3.01. The van der Waals surface area contributed by atoms with E-state index in [4.69, 9.17) is 18.5 Å². The molecular weight excluding hydrogens is 828 g/mol. The van der Waals surface area contributed by atoms with Crippen LogP contribution in [0.1, 0.15) is 142 Å². The summed E-state index contributed by atoms with van der Waals surface area (Å²) in [7, 11) is -5.14. The van der Waals surface area contributed by atoms with Gasteiger partial charge in [0.15, 0.2) is 6.10 Å². The second-order valence-electron chi connectivity index (χ2n) is 15.5. The van der Waals surface area contributed by atoms with Crippen molar-refractivity contribution in [2.75, 3.05) is 13.2 Å². The Morgan fingerprint density at radius 2 is 0.857 bits per heavy atom. The van der Waals surface area contributed by atoms with Gasteiger partial charge in [0.1, 0.15) is 43.2 Å². The average molecular weight is 907 g/mol. The number of carbonyl (C=O) groups excluding carboxylic acids is 2. The molecule has 1 fully saturated rings. The Hall–Kier alpha value is -3.23. The fourth-order valence-corrected chi connectivity index (χ4v) is 7.24. The highest BCUT2D eigenvalue weighted by Gasteiger charge is 2.51. The number of allylic oxidation sites excluding steroid dienone is 16. The van der Waals surface area contributed by atoms with E-state index in [2.05, 4.69) is 111 Å². The molecule has 0 saturated heterocycles. The van der Waals surface area contributed by atoms with Gasteiger partial charge >= 0.3 is 19.8 Å². The summed E-state index contributed by atoms with van der Waals surface area (Å²) in [4.78, 5) is 35.7. The molecule has 63 heavy (non-hydrogen) atoms. The van der Waals surface area contributed by atoms with Crippen molar-refractivity contribution < 1.29 is 63.1 Å². The first-order valence-corrected chi connectivity index (χ1v) is 24.5. The number of phosphoric acid groups is 1. The second-order valence-corrected chi connectivity index (χ2v) is 16.9. The molecule has 6 atom stereocenters. The molecule has 0 radical (unpaired) electrons. The molecule has 0 amide bonds. The summed E-state index contributed by atoms with van der Waals surface area (Å²) in [5.74, 6) is -1.18. The van der Waals surface area contributed by atoms with Crippen LogP contribution in [0.4, 0.5) is 0 Å². The van der Waals surface area contributed by atoms with Crippen LogP contribution in [0, 0.1) is 0 Å². The number of unbranched alkanes of at least 4 members (excludes halogenated alkanes) is 8. The molecule has 0 aromatic rings. The van der Waals surface area contributed by atoms with Crippen LogP contribution in [-0.2, 0) is 32.7 Å². The summed E-state index contributed by atoms with van der Waals surface area (Å²) in [5.41, 5.74) is 0. The van der Waals surface area contributed by atoms with Crippen LogP contribution in [-0.4, -0.2) is 98.3 Å². The number of rotatable bonds is 36. The first kappa shape index (κ1) is 57.8. The molecule has 0 aliphatic heterocycles. The van der Waals surface area contributed by atoms with Crippen molar-refractivity contribution in [3.8, 4) is 0 Å². The summed E-state index contributed by atoms with van der Waals surface area (Å²) >= 11 is 0. The highest BCUT2D eigenvalue weighted by atomic mass is 31.2. The molecule has 0 spiro atoms. The predicted octanol–water partition coefficient (Wildman–Crippen LogP) is 9.05. The Kier molecular flexibility index (Phi) is 34.9. The largest absolute Gasteiger partial charge is 0.472 e. The number of aliphatic hydroxyl groups is 5. The number of aliphatic hydroxyl groups excluding tert-OH is 5. The van der Waals surface area contributed by atoms with Gasteiger partial charge in [0.25, 0.3) is 0 Å². The number of phosphoric ester groups is 1. The van der Waals surface area contributed by atoms with E-state index < -0.39 is 75.7 Å². The van der Waals surface area contributed by atoms with Crippen LogP contribution in [0.15, 0.2) is 97.2 Å². The molecule has 6 unspecified atom stereocenters. The van der Waals surface area contributed by atoms with Crippen molar-refractivity contribution in [2.45, 2.75) is 185 Å².